The Morgan fingerprint density at radius 2 is 1.84 bits per heavy atom. The summed E-state index contributed by atoms with van der Waals surface area (Å²) in [6.07, 6.45) is 0.770. The van der Waals surface area contributed by atoms with Gasteiger partial charge in [0.05, 0.1) is 28.8 Å². The summed E-state index contributed by atoms with van der Waals surface area (Å²) in [7, 11) is 1.12. The topological polar surface area (TPSA) is 116 Å². The van der Waals surface area contributed by atoms with Crippen LogP contribution in [0.1, 0.15) is 34.1 Å². The molecule has 0 radical (unpaired) electrons. The first-order chi connectivity index (χ1) is 14.8. The molecule has 1 aliphatic heterocycles. The first kappa shape index (κ1) is 22.3. The number of carbonyl (C=O) groups is 3. The van der Waals surface area contributed by atoms with E-state index in [0.717, 1.165) is 42.3 Å². The van der Waals surface area contributed by atoms with Gasteiger partial charge in [-0.1, -0.05) is 19.1 Å². The molecule has 31 heavy (non-hydrogen) atoms. The maximum atomic E-state index is 12.8. The molecule has 0 saturated carbocycles. The number of nitro groups is 1. The fourth-order valence-corrected chi connectivity index (χ4v) is 4.22. The zero-order chi connectivity index (χ0) is 22.5. The van der Waals surface area contributed by atoms with Crippen LogP contribution in [0, 0.1) is 10.1 Å². The number of thioether (sulfide) groups is 1. The largest absolute Gasteiger partial charge is 0.465 e. The quantitative estimate of drug-likeness (QED) is 0.391. The number of esters is 2. The predicted octanol–water partition coefficient (Wildman–Crippen LogP) is 3.46. The van der Waals surface area contributed by atoms with Gasteiger partial charge in [-0.3, -0.25) is 14.9 Å². The van der Waals surface area contributed by atoms with Crippen molar-refractivity contribution >= 4 is 41.0 Å². The van der Waals surface area contributed by atoms with Gasteiger partial charge in [0.15, 0.2) is 6.61 Å². The molecule has 9 nitrogen and oxygen atoms in total. The Hall–Kier alpha value is -3.40. The maximum absolute atomic E-state index is 12.8. The van der Waals surface area contributed by atoms with E-state index in [1.807, 2.05) is 24.3 Å². The third kappa shape index (κ3) is 5.21. The Bertz CT molecular complexity index is 1040. The average Bonchev–Trinajstić information content (AvgIpc) is 2.94. The lowest BCUT2D eigenvalue weighted by Gasteiger charge is -2.22. The summed E-state index contributed by atoms with van der Waals surface area (Å²) in [5.74, 6) is -2.19. The van der Waals surface area contributed by atoms with E-state index >= 15 is 0 Å². The summed E-state index contributed by atoms with van der Waals surface area (Å²) >= 11 is 1.68. The first-order valence-corrected chi connectivity index (χ1v) is 10.3. The molecule has 2 aromatic rings. The number of methoxy groups -OCH3 is 1. The van der Waals surface area contributed by atoms with Crippen LogP contribution in [0.2, 0.25) is 0 Å². The van der Waals surface area contributed by atoms with Gasteiger partial charge < -0.3 is 14.4 Å². The molecule has 2 aromatic carbocycles. The van der Waals surface area contributed by atoms with Crippen LogP contribution in [0.25, 0.3) is 0 Å². The van der Waals surface area contributed by atoms with Crippen molar-refractivity contribution in [2.24, 2.45) is 0 Å². The van der Waals surface area contributed by atoms with Gasteiger partial charge in [-0.15, -0.1) is 11.8 Å². The summed E-state index contributed by atoms with van der Waals surface area (Å²) in [6, 6.07) is 10.6. The van der Waals surface area contributed by atoms with Crippen molar-refractivity contribution in [1.82, 2.24) is 0 Å². The standard InChI is InChI=1S/C21H20N2O7S/c1-13-7-8-22(17-5-3-4-6-18(17)31-13)19(24)12-30-21(26)15-9-14(20(25)29-2)10-16(11-15)23(27)28/h3-6,9-11,13H,7-8,12H2,1-2H3. The van der Waals surface area contributed by atoms with E-state index in [-0.39, 0.29) is 11.1 Å². The van der Waals surface area contributed by atoms with Crippen LogP contribution in [0.15, 0.2) is 47.4 Å². The summed E-state index contributed by atoms with van der Waals surface area (Å²) in [6.45, 7) is 2.02. The van der Waals surface area contributed by atoms with Crippen molar-refractivity contribution in [3.8, 4) is 0 Å². The van der Waals surface area contributed by atoms with Gasteiger partial charge in [0, 0.05) is 28.8 Å². The van der Waals surface area contributed by atoms with Gasteiger partial charge in [-0.05, 0) is 24.6 Å². The molecule has 162 valence electrons. The van der Waals surface area contributed by atoms with Crippen molar-refractivity contribution in [1.29, 1.82) is 0 Å². The van der Waals surface area contributed by atoms with Crippen molar-refractivity contribution in [3.63, 3.8) is 0 Å². The number of anilines is 1. The number of amides is 1. The van der Waals surface area contributed by atoms with Gasteiger partial charge in [0.1, 0.15) is 0 Å². The van der Waals surface area contributed by atoms with Gasteiger partial charge in [0.2, 0.25) is 0 Å². The highest BCUT2D eigenvalue weighted by Crippen LogP contribution is 2.37. The summed E-state index contributed by atoms with van der Waals surface area (Å²) in [5.41, 5.74) is -0.0971. The smallest absolute Gasteiger partial charge is 0.338 e. The Balaban J connectivity index is 1.76. The number of nitrogens with zero attached hydrogens (tertiary/aromatic N) is 2. The number of para-hydroxylation sites is 1. The molecule has 0 aliphatic carbocycles. The summed E-state index contributed by atoms with van der Waals surface area (Å²) < 4.78 is 9.68. The van der Waals surface area contributed by atoms with Gasteiger partial charge in [0.25, 0.3) is 11.6 Å². The number of benzene rings is 2. The van der Waals surface area contributed by atoms with Crippen molar-refractivity contribution in [2.75, 3.05) is 25.2 Å². The molecule has 1 unspecified atom stereocenters. The number of nitro benzene ring substituents is 1. The zero-order valence-corrected chi connectivity index (χ0v) is 17.7. The van der Waals surface area contributed by atoms with Crippen LogP contribution in [0.3, 0.4) is 0 Å². The van der Waals surface area contributed by atoms with E-state index in [4.69, 9.17) is 4.74 Å². The van der Waals surface area contributed by atoms with Crippen LogP contribution in [0.4, 0.5) is 11.4 Å². The summed E-state index contributed by atoms with van der Waals surface area (Å²) in [5, 5.41) is 11.4. The molecule has 1 atom stereocenters. The lowest BCUT2D eigenvalue weighted by atomic mass is 10.1. The van der Waals surface area contributed by atoms with E-state index < -0.39 is 35.1 Å². The molecule has 0 saturated heterocycles. The Kier molecular flexibility index (Phi) is 6.91. The minimum Gasteiger partial charge on any atom is -0.465 e. The highest BCUT2D eigenvalue weighted by Gasteiger charge is 2.26. The van der Waals surface area contributed by atoms with Crippen LogP contribution in [0.5, 0.6) is 0 Å². The molecule has 0 bridgehead atoms. The van der Waals surface area contributed by atoms with Crippen LogP contribution in [-0.4, -0.2) is 48.3 Å². The highest BCUT2D eigenvalue weighted by atomic mass is 32.2. The Morgan fingerprint density at radius 1 is 1.16 bits per heavy atom. The second-order valence-corrected chi connectivity index (χ2v) is 8.30. The van der Waals surface area contributed by atoms with Gasteiger partial charge in [-0.25, -0.2) is 9.59 Å². The zero-order valence-electron chi connectivity index (χ0n) is 16.9. The van der Waals surface area contributed by atoms with E-state index in [1.165, 1.54) is 0 Å². The maximum Gasteiger partial charge on any atom is 0.338 e. The molecule has 1 amide bonds. The molecule has 0 aromatic heterocycles. The van der Waals surface area contributed by atoms with E-state index in [0.29, 0.717) is 11.8 Å². The second kappa shape index (κ2) is 9.61. The van der Waals surface area contributed by atoms with Gasteiger partial charge in [-0.2, -0.15) is 0 Å². The normalized spacial score (nSPS) is 15.4. The number of rotatable bonds is 5. The first-order valence-electron chi connectivity index (χ1n) is 9.41. The monoisotopic (exact) mass is 444 g/mol. The SMILES string of the molecule is COC(=O)c1cc(C(=O)OCC(=O)N2CCC(C)Sc3ccccc32)cc([N+](=O)[O-])c1. The Labute approximate surface area is 182 Å². The molecule has 3 rings (SSSR count). The number of non-ortho nitro benzene ring substituents is 1. The predicted molar refractivity (Wildman–Crippen MR) is 113 cm³/mol. The van der Waals surface area contributed by atoms with Crippen molar-refractivity contribution < 1.29 is 28.8 Å². The highest BCUT2D eigenvalue weighted by molar-refractivity contribution is 8.00. The van der Waals surface area contributed by atoms with Gasteiger partial charge >= 0.3 is 11.9 Å². The lowest BCUT2D eigenvalue weighted by Crippen LogP contribution is -2.35. The fourth-order valence-electron chi connectivity index (χ4n) is 3.10. The molecule has 10 heteroatoms. The lowest BCUT2D eigenvalue weighted by molar-refractivity contribution is -0.384. The third-order valence-electron chi connectivity index (χ3n) is 4.66. The van der Waals surface area contributed by atoms with Crippen LogP contribution >= 0.6 is 11.8 Å². The fraction of sp³-hybridized carbons (Fsp3) is 0.286. The molecule has 0 spiro atoms. The average molecular weight is 444 g/mol. The molecule has 0 fully saturated rings. The number of carbonyl (C=O) groups excluding carboxylic acids is 3. The minimum atomic E-state index is -0.951. The minimum absolute atomic E-state index is 0.164. The van der Waals surface area contributed by atoms with Crippen molar-refractivity contribution in [3.05, 3.63) is 63.7 Å². The molecular weight excluding hydrogens is 424 g/mol. The number of ether oxygens (including phenoxy) is 2. The number of fused-ring (bicyclic) bond motifs is 1. The Morgan fingerprint density at radius 3 is 2.52 bits per heavy atom. The van der Waals surface area contributed by atoms with E-state index in [1.54, 1.807) is 16.7 Å². The molecule has 1 aliphatic rings. The molecule has 1 heterocycles. The van der Waals surface area contributed by atoms with Crippen molar-refractivity contribution in [2.45, 2.75) is 23.5 Å². The van der Waals surface area contributed by atoms with Crippen LogP contribution < -0.4 is 4.90 Å². The third-order valence-corrected chi connectivity index (χ3v) is 5.89. The van der Waals surface area contributed by atoms with Crippen LogP contribution in [-0.2, 0) is 14.3 Å². The summed E-state index contributed by atoms with van der Waals surface area (Å²) in [4.78, 5) is 50.0. The molecule has 0 N–H and O–H groups in total. The number of hydrogen-bond acceptors (Lipinski definition) is 8. The second-order valence-electron chi connectivity index (χ2n) is 6.82. The van der Waals surface area contributed by atoms with E-state index in [2.05, 4.69) is 11.7 Å². The van der Waals surface area contributed by atoms with E-state index in [9.17, 15) is 24.5 Å². The molecular formula is C21H20N2O7S. The number of hydrogen-bond donors (Lipinski definition) is 0.